The van der Waals surface area contributed by atoms with E-state index in [0.717, 1.165) is 12.0 Å². The molecular weight excluding hydrogens is 213 g/mol. The molecule has 0 amide bonds. The van der Waals surface area contributed by atoms with E-state index in [1.54, 1.807) is 12.1 Å². The molecule has 1 aromatic rings. The van der Waals surface area contributed by atoms with Gasteiger partial charge in [0.25, 0.3) is 0 Å². The summed E-state index contributed by atoms with van der Waals surface area (Å²) in [6.07, 6.45) is 6.13. The molecule has 0 fully saturated rings. The van der Waals surface area contributed by atoms with Crippen molar-refractivity contribution in [1.82, 2.24) is 5.32 Å². The molecule has 0 radical (unpaired) electrons. The van der Waals surface area contributed by atoms with Crippen molar-refractivity contribution >= 4 is 11.6 Å². The Morgan fingerprint density at radius 1 is 1.60 bits per heavy atom. The highest BCUT2D eigenvalue weighted by Gasteiger charge is 2.06. The quantitative estimate of drug-likeness (QED) is 0.777. The maximum atomic E-state index is 13.1. The molecule has 15 heavy (non-hydrogen) atoms. The maximum Gasteiger partial charge on any atom is 0.142 e. The molecule has 1 rings (SSSR count). The Bertz CT molecular complexity index is 370. The Kier molecular flexibility index (Phi) is 4.61. The summed E-state index contributed by atoms with van der Waals surface area (Å²) in [6, 6.07) is 4.76. The van der Waals surface area contributed by atoms with Gasteiger partial charge in [-0.3, -0.25) is 5.32 Å². The third-order valence-electron chi connectivity index (χ3n) is 2.18. The van der Waals surface area contributed by atoms with Crippen molar-refractivity contribution in [2.45, 2.75) is 25.9 Å². The van der Waals surface area contributed by atoms with Crippen LogP contribution in [0.2, 0.25) is 5.02 Å². The topological polar surface area (TPSA) is 12.0 Å². The van der Waals surface area contributed by atoms with Gasteiger partial charge in [0, 0.05) is 6.54 Å². The summed E-state index contributed by atoms with van der Waals surface area (Å²) in [5.41, 5.74) is 0.727. The van der Waals surface area contributed by atoms with Gasteiger partial charge in [-0.1, -0.05) is 36.6 Å². The molecule has 0 aliphatic carbocycles. The highest BCUT2D eigenvalue weighted by Crippen LogP contribution is 2.19. The molecule has 80 valence electrons. The average molecular weight is 226 g/mol. The van der Waals surface area contributed by atoms with Crippen molar-refractivity contribution in [2.75, 3.05) is 0 Å². The summed E-state index contributed by atoms with van der Waals surface area (Å²) in [7, 11) is 0. The van der Waals surface area contributed by atoms with Crippen molar-refractivity contribution in [2.24, 2.45) is 0 Å². The summed E-state index contributed by atoms with van der Waals surface area (Å²) in [5, 5.41) is 3.28. The van der Waals surface area contributed by atoms with Gasteiger partial charge in [0.15, 0.2) is 0 Å². The van der Waals surface area contributed by atoms with E-state index in [9.17, 15) is 4.39 Å². The van der Waals surface area contributed by atoms with Gasteiger partial charge >= 0.3 is 0 Å². The first-order valence-corrected chi connectivity index (χ1v) is 5.19. The lowest BCUT2D eigenvalue weighted by Crippen LogP contribution is -2.26. The predicted octanol–water partition coefficient (Wildman–Crippen LogP) is 2.98. The molecule has 0 aromatic heterocycles. The zero-order valence-corrected chi connectivity index (χ0v) is 9.31. The molecule has 3 heteroatoms. The van der Waals surface area contributed by atoms with Crippen molar-refractivity contribution in [1.29, 1.82) is 0 Å². The largest absolute Gasteiger partial charge is 0.300 e. The molecule has 0 aliphatic heterocycles. The Labute approximate surface area is 94.6 Å². The molecular formula is C12H13ClFN. The maximum absolute atomic E-state index is 13.1. The minimum Gasteiger partial charge on any atom is -0.300 e. The molecule has 1 unspecified atom stereocenters. The van der Waals surface area contributed by atoms with E-state index < -0.39 is 5.82 Å². The Hall–Kier alpha value is -1.04. The molecule has 0 bridgehead atoms. The van der Waals surface area contributed by atoms with Crippen LogP contribution in [0.5, 0.6) is 0 Å². The van der Waals surface area contributed by atoms with E-state index in [1.807, 2.05) is 6.92 Å². The van der Waals surface area contributed by atoms with Gasteiger partial charge in [-0.2, -0.15) is 0 Å². The van der Waals surface area contributed by atoms with E-state index in [4.69, 9.17) is 18.0 Å². The highest BCUT2D eigenvalue weighted by molar-refractivity contribution is 6.31. The fourth-order valence-electron chi connectivity index (χ4n) is 1.24. The van der Waals surface area contributed by atoms with Gasteiger partial charge in [0.05, 0.1) is 11.1 Å². The fraction of sp³-hybridized carbons (Fsp3) is 0.333. The SMILES string of the molecule is C#CC(CC)NCc1cccc(F)c1Cl. The average Bonchev–Trinajstić information content (AvgIpc) is 2.25. The summed E-state index contributed by atoms with van der Waals surface area (Å²) in [5.74, 6) is 2.21. The summed E-state index contributed by atoms with van der Waals surface area (Å²) in [4.78, 5) is 0. The van der Waals surface area contributed by atoms with Gasteiger partial charge in [0.2, 0.25) is 0 Å². The van der Waals surface area contributed by atoms with E-state index in [1.165, 1.54) is 6.07 Å². The Morgan fingerprint density at radius 3 is 2.93 bits per heavy atom. The Balaban J connectivity index is 2.66. The second kappa shape index (κ2) is 5.75. The number of nitrogens with one attached hydrogen (secondary N) is 1. The molecule has 1 nitrogen and oxygen atoms in total. The molecule has 1 atom stereocenters. The molecule has 1 aromatic carbocycles. The van der Waals surface area contributed by atoms with Crippen LogP contribution in [-0.4, -0.2) is 6.04 Å². The van der Waals surface area contributed by atoms with Crippen LogP contribution < -0.4 is 5.32 Å². The minimum absolute atomic E-state index is 0.00401. The number of benzene rings is 1. The highest BCUT2D eigenvalue weighted by atomic mass is 35.5. The predicted molar refractivity (Wildman–Crippen MR) is 61.2 cm³/mol. The molecule has 0 aliphatic rings. The lowest BCUT2D eigenvalue weighted by atomic mass is 10.2. The van der Waals surface area contributed by atoms with Crippen LogP contribution in [0.4, 0.5) is 4.39 Å². The van der Waals surface area contributed by atoms with Gasteiger partial charge in [-0.25, -0.2) is 4.39 Å². The van der Waals surface area contributed by atoms with Crippen molar-refractivity contribution in [3.8, 4) is 12.3 Å². The summed E-state index contributed by atoms with van der Waals surface area (Å²) >= 11 is 5.80. The monoisotopic (exact) mass is 225 g/mol. The third kappa shape index (κ3) is 3.23. The molecule has 1 N–H and O–H groups in total. The van der Waals surface area contributed by atoms with E-state index in [2.05, 4.69) is 11.2 Å². The van der Waals surface area contributed by atoms with E-state index in [-0.39, 0.29) is 11.1 Å². The smallest absolute Gasteiger partial charge is 0.142 e. The minimum atomic E-state index is -0.398. The van der Waals surface area contributed by atoms with Crippen LogP contribution >= 0.6 is 11.6 Å². The number of hydrogen-bond donors (Lipinski definition) is 1. The zero-order chi connectivity index (χ0) is 11.3. The first-order chi connectivity index (χ1) is 7.19. The van der Waals surface area contributed by atoms with Crippen molar-refractivity contribution < 1.29 is 4.39 Å². The standard InChI is InChI=1S/C12H13ClFN/c1-3-10(4-2)15-8-9-6-5-7-11(14)12(9)13/h1,5-7,10,15H,4,8H2,2H3. The molecule has 0 saturated heterocycles. The van der Waals surface area contributed by atoms with Crippen molar-refractivity contribution in [3.05, 3.63) is 34.6 Å². The van der Waals surface area contributed by atoms with Crippen LogP contribution in [0.3, 0.4) is 0 Å². The van der Waals surface area contributed by atoms with Gasteiger partial charge < -0.3 is 0 Å². The summed E-state index contributed by atoms with van der Waals surface area (Å²) in [6.45, 7) is 2.48. The number of halogens is 2. The lowest BCUT2D eigenvalue weighted by Gasteiger charge is -2.11. The van der Waals surface area contributed by atoms with Gasteiger partial charge in [0.1, 0.15) is 5.82 Å². The molecule has 0 spiro atoms. The number of terminal acetylenes is 1. The third-order valence-corrected chi connectivity index (χ3v) is 2.60. The van der Waals surface area contributed by atoms with Crippen LogP contribution in [0, 0.1) is 18.2 Å². The summed E-state index contributed by atoms with van der Waals surface area (Å²) < 4.78 is 13.1. The molecule has 0 heterocycles. The number of hydrogen-bond acceptors (Lipinski definition) is 1. The zero-order valence-electron chi connectivity index (χ0n) is 8.56. The van der Waals surface area contributed by atoms with Crippen LogP contribution in [0.25, 0.3) is 0 Å². The van der Waals surface area contributed by atoms with Gasteiger partial charge in [-0.05, 0) is 18.1 Å². The second-order valence-corrected chi connectivity index (χ2v) is 3.60. The fourth-order valence-corrected chi connectivity index (χ4v) is 1.43. The van der Waals surface area contributed by atoms with Crippen molar-refractivity contribution in [3.63, 3.8) is 0 Å². The second-order valence-electron chi connectivity index (χ2n) is 3.22. The van der Waals surface area contributed by atoms with E-state index >= 15 is 0 Å². The first-order valence-electron chi connectivity index (χ1n) is 4.81. The normalized spacial score (nSPS) is 12.1. The Morgan fingerprint density at radius 2 is 2.33 bits per heavy atom. The van der Waals surface area contributed by atoms with Crippen LogP contribution in [0.15, 0.2) is 18.2 Å². The van der Waals surface area contributed by atoms with Crippen LogP contribution in [0.1, 0.15) is 18.9 Å². The lowest BCUT2D eigenvalue weighted by molar-refractivity contribution is 0.585. The van der Waals surface area contributed by atoms with E-state index in [0.29, 0.717) is 6.54 Å². The van der Waals surface area contributed by atoms with Crippen LogP contribution in [-0.2, 0) is 6.54 Å². The number of rotatable bonds is 4. The first kappa shape index (κ1) is 12.0. The van der Waals surface area contributed by atoms with Gasteiger partial charge in [-0.15, -0.1) is 6.42 Å². The molecule has 0 saturated carbocycles.